The summed E-state index contributed by atoms with van der Waals surface area (Å²) in [6, 6.07) is 119. The van der Waals surface area contributed by atoms with Gasteiger partial charge in [0.15, 0.2) is 11.5 Å². The lowest BCUT2D eigenvalue weighted by molar-refractivity contribution is 0.398. The Kier molecular flexibility index (Phi) is 25.6. The van der Waals surface area contributed by atoms with Gasteiger partial charge in [0.05, 0.1) is 17.1 Å². The van der Waals surface area contributed by atoms with Crippen molar-refractivity contribution in [2.75, 3.05) is 4.90 Å². The monoisotopic (exact) mass is 1900 g/mol. The van der Waals surface area contributed by atoms with Crippen molar-refractivity contribution in [2.24, 2.45) is 0 Å². The van der Waals surface area contributed by atoms with E-state index in [4.69, 9.17) is 4.74 Å². The third kappa shape index (κ3) is 16.6. The molecular formula is C143H149NO. The fraction of sp³-hybridized carbons (Fsp3) is 0.343. The van der Waals surface area contributed by atoms with E-state index in [2.05, 4.69) is 410 Å². The van der Waals surface area contributed by atoms with Crippen LogP contribution >= 0.6 is 0 Å². The van der Waals surface area contributed by atoms with Gasteiger partial charge in [0.2, 0.25) is 0 Å². The van der Waals surface area contributed by atoms with Crippen molar-refractivity contribution in [1.82, 2.24) is 0 Å². The topological polar surface area (TPSA) is 12.5 Å². The molecule has 15 aromatic rings. The maximum absolute atomic E-state index is 7.46. The summed E-state index contributed by atoms with van der Waals surface area (Å²) in [5.74, 6) is 1.65. The predicted octanol–water partition coefficient (Wildman–Crippen LogP) is 41.7. The lowest BCUT2D eigenvalue weighted by Crippen LogP contribution is -2.26. The smallest absolute Gasteiger partial charge is 0.152 e. The Labute approximate surface area is 867 Å². The largest absolute Gasteiger partial charge is 0.453 e. The number of rotatable bonds is 36. The number of nitrogens with zero attached hydrogens (tertiary/aromatic N) is 1. The fourth-order valence-electron chi connectivity index (χ4n) is 28.3. The molecule has 732 valence electrons. The molecule has 15 aromatic carbocycles. The van der Waals surface area contributed by atoms with Crippen molar-refractivity contribution in [1.29, 1.82) is 0 Å². The molecule has 0 amide bonds. The molecule has 1 heterocycles. The summed E-state index contributed by atoms with van der Waals surface area (Å²) in [7, 11) is 0. The number of allylic oxidation sites excluding steroid dienone is 4. The van der Waals surface area contributed by atoms with Gasteiger partial charge in [-0.3, -0.25) is 0 Å². The van der Waals surface area contributed by atoms with Crippen molar-refractivity contribution < 1.29 is 4.74 Å². The minimum absolute atomic E-state index is 0.0400. The van der Waals surface area contributed by atoms with Crippen LogP contribution in [0.2, 0.25) is 0 Å². The van der Waals surface area contributed by atoms with E-state index in [-0.39, 0.29) is 37.9 Å². The lowest BCUT2D eigenvalue weighted by Gasteiger charge is -2.35. The fourth-order valence-corrected chi connectivity index (χ4v) is 28.3. The quantitative estimate of drug-likeness (QED) is 0.0363. The molecule has 0 N–H and O–H groups in total. The van der Waals surface area contributed by atoms with Crippen LogP contribution in [0.5, 0.6) is 11.5 Å². The Morgan fingerprint density at radius 1 is 0.221 bits per heavy atom. The summed E-state index contributed by atoms with van der Waals surface area (Å²) in [4.78, 5) is 2.45. The number of para-hydroxylation sites is 1. The van der Waals surface area contributed by atoms with Crippen LogP contribution in [0.15, 0.2) is 321 Å². The molecule has 1 unspecified atom stereocenters. The molecule has 8 aliphatic rings. The van der Waals surface area contributed by atoms with Crippen molar-refractivity contribution in [2.45, 2.75) is 314 Å². The van der Waals surface area contributed by atoms with Crippen LogP contribution in [0, 0.1) is 0 Å². The van der Waals surface area contributed by atoms with Gasteiger partial charge in [0, 0.05) is 43.5 Å². The van der Waals surface area contributed by atoms with Gasteiger partial charge in [-0.25, -0.2) is 0 Å². The van der Waals surface area contributed by atoms with E-state index in [1.165, 1.54) is 347 Å². The Morgan fingerprint density at radius 2 is 0.503 bits per heavy atom. The highest BCUT2D eigenvalue weighted by molar-refractivity contribution is 5.99. The number of unbranched alkanes of at least 4 members (excludes halogenated alkanes) is 20. The summed E-state index contributed by atoms with van der Waals surface area (Å²) in [6.45, 7) is 31.6. The van der Waals surface area contributed by atoms with Crippen molar-refractivity contribution in [3.8, 4) is 134 Å². The van der Waals surface area contributed by atoms with E-state index in [1.54, 1.807) is 22.3 Å². The van der Waals surface area contributed by atoms with Gasteiger partial charge < -0.3 is 9.64 Å². The number of benzene rings is 15. The molecule has 145 heavy (non-hydrogen) atoms. The van der Waals surface area contributed by atoms with Gasteiger partial charge in [0.1, 0.15) is 0 Å². The first kappa shape index (κ1) is 95.9. The molecule has 2 heteroatoms. The van der Waals surface area contributed by atoms with E-state index in [9.17, 15) is 0 Å². The van der Waals surface area contributed by atoms with Crippen LogP contribution in [-0.2, 0) is 37.9 Å². The van der Waals surface area contributed by atoms with Gasteiger partial charge in [-0.05, 0) is 311 Å². The van der Waals surface area contributed by atoms with E-state index in [0.717, 1.165) is 51.7 Å². The highest BCUT2D eigenvalue weighted by Crippen LogP contribution is 2.64. The SMILES string of the molecule is CCCCCCCCC1(CCCCCCCC)c2ccccc2-c2ccc(-c3ccc4c(c3)C(C)(C)c3cc(-c5ccc6c(c5)C(C)(C)c5cc(-c7ccc8c(c7)Oc7cc(-c9ccc%10c(c9)C(C)(C)C9=CC(C)(c%11ccc%12c(c%11)C(C)(C)c%11cc(-c%13ccc%14c(c%13)C(CCCCCCCC)(CCCCCCCC)c%13ccccc%13-%14)ccc%11-%12)CC=C9%10)ccc7N8c7ccccc7-c7ccccc7)ccc5-6)ccc3-4)cc21. The predicted molar refractivity (Wildman–Crippen MR) is 618 cm³/mol. The van der Waals surface area contributed by atoms with Crippen LogP contribution < -0.4 is 9.64 Å². The Balaban J connectivity index is 0.507. The first-order valence-corrected chi connectivity index (χ1v) is 56.5. The Morgan fingerprint density at radius 3 is 0.883 bits per heavy atom. The molecular weight excluding hydrogens is 1750 g/mol. The van der Waals surface area contributed by atoms with Crippen molar-refractivity contribution in [3.05, 3.63) is 393 Å². The van der Waals surface area contributed by atoms with E-state index < -0.39 is 0 Å². The van der Waals surface area contributed by atoms with Crippen LogP contribution in [0.1, 0.15) is 349 Å². The molecule has 0 aromatic heterocycles. The number of fused-ring (bicyclic) bond motifs is 20. The number of ether oxygens (including phenoxy) is 1. The van der Waals surface area contributed by atoms with Gasteiger partial charge in [-0.15, -0.1) is 0 Å². The van der Waals surface area contributed by atoms with Crippen LogP contribution in [0.4, 0.5) is 17.1 Å². The van der Waals surface area contributed by atoms with E-state index >= 15 is 0 Å². The molecule has 0 saturated heterocycles. The van der Waals surface area contributed by atoms with Crippen molar-refractivity contribution in [3.63, 3.8) is 0 Å². The van der Waals surface area contributed by atoms with Gasteiger partial charge in [0.25, 0.3) is 0 Å². The Bertz CT molecular complexity index is 7560. The maximum Gasteiger partial charge on any atom is 0.152 e. The Hall–Kier alpha value is -12.6. The molecule has 0 saturated carbocycles. The zero-order valence-corrected chi connectivity index (χ0v) is 88.9. The van der Waals surface area contributed by atoms with Gasteiger partial charge >= 0.3 is 0 Å². The molecule has 23 rings (SSSR count). The average molecular weight is 1900 g/mol. The van der Waals surface area contributed by atoms with Crippen LogP contribution in [0.3, 0.4) is 0 Å². The third-order valence-electron chi connectivity index (χ3n) is 36.7. The molecule has 0 fully saturated rings. The van der Waals surface area contributed by atoms with Gasteiger partial charge in [-0.2, -0.15) is 0 Å². The normalized spacial score (nSPS) is 16.8. The van der Waals surface area contributed by atoms with E-state index in [1.807, 2.05) is 0 Å². The summed E-state index contributed by atoms with van der Waals surface area (Å²) in [5, 5.41) is 0. The first-order chi connectivity index (χ1) is 70.6. The molecule has 2 nitrogen and oxygen atoms in total. The number of hydrogen-bond acceptors (Lipinski definition) is 2. The third-order valence-corrected chi connectivity index (χ3v) is 36.7. The molecule has 7 aliphatic carbocycles. The second-order valence-electron chi connectivity index (χ2n) is 47.2. The second-order valence-corrected chi connectivity index (χ2v) is 47.2. The van der Waals surface area contributed by atoms with Gasteiger partial charge in [-0.1, -0.05) is 481 Å². The summed E-state index contributed by atoms with van der Waals surface area (Å²) in [6.07, 6.45) is 42.8. The zero-order chi connectivity index (χ0) is 99.3. The first-order valence-electron chi connectivity index (χ1n) is 56.5. The molecule has 0 radical (unpaired) electrons. The molecule has 1 atom stereocenters. The maximum atomic E-state index is 7.46. The summed E-state index contributed by atoms with van der Waals surface area (Å²) < 4.78 is 7.46. The van der Waals surface area contributed by atoms with E-state index in [0.29, 0.717) is 0 Å². The number of hydrogen-bond donors (Lipinski definition) is 0. The standard InChI is InChI=1S/C143H149NO/c1-14-18-22-26-30-43-78-142(79-44-31-27-23-19-15-2)120-52-40-37-50-108(120)117-72-61-102(89-129(117)142)98-57-68-112-110-66-55-96(83-122(110)137(5,6)124(112)85-98)97-56-67-111-113-70-59-100(87-125(113)138(7,8)123(111)84-97)104-63-75-133-135(91-104)145-136-92-105(64-76-134(136)144(133)132-54-42-39-49-107(132)95-47-35-34-36-48-95)101-60-71-115-119-77-82-141(13,94-131(119)140(11,12)127(115)88-101)106-65-74-116-114-69-58-99(86-126(114)139(9,10)128(116)93-106)103-62-73-118-109-51-38-41-53-121(109)143(130(118)90-103,80-45-32-28-24-20-16-3)81-46-33-29-25-21-17-4/h34-42,47-77,83-94H,14-33,43-46,78-82H2,1-13H3. The highest BCUT2D eigenvalue weighted by Gasteiger charge is 2.49. The number of anilines is 3. The summed E-state index contributed by atoms with van der Waals surface area (Å²) >= 11 is 0. The molecule has 1 aliphatic heterocycles. The van der Waals surface area contributed by atoms with Crippen molar-refractivity contribution >= 4 is 22.6 Å². The van der Waals surface area contributed by atoms with Crippen LogP contribution in [-0.4, -0.2) is 0 Å². The molecule has 0 spiro atoms. The zero-order valence-electron chi connectivity index (χ0n) is 88.9. The minimum Gasteiger partial charge on any atom is -0.453 e. The lowest BCUT2D eigenvalue weighted by atomic mass is 9.69. The summed E-state index contributed by atoms with van der Waals surface area (Å²) in [5.41, 5.74) is 52.4. The van der Waals surface area contributed by atoms with Crippen LogP contribution in [0.25, 0.3) is 128 Å². The molecule has 0 bridgehead atoms. The highest BCUT2D eigenvalue weighted by atomic mass is 16.5. The minimum atomic E-state index is -0.269. The average Bonchev–Trinajstić information content (AvgIpc) is 1.56. The second kappa shape index (κ2) is 38.7.